The molecule has 1 saturated heterocycles. The van der Waals surface area contributed by atoms with Gasteiger partial charge in [-0.05, 0) is 27.2 Å². The minimum absolute atomic E-state index is 0.232. The molecule has 0 N–H and O–H groups in total. The molecule has 1 aliphatic heterocycles. The fraction of sp³-hybridized carbons (Fsp3) is 0.818. The van der Waals surface area contributed by atoms with Gasteiger partial charge in [0.25, 0.3) is 5.91 Å². The predicted octanol–water partition coefficient (Wildman–Crippen LogP) is 1.02. The van der Waals surface area contributed by atoms with Crippen molar-refractivity contribution in [2.75, 3.05) is 20.7 Å². The van der Waals surface area contributed by atoms with Crippen LogP contribution in [0, 0.1) is 0 Å². The zero-order valence-corrected chi connectivity index (χ0v) is 11.0. The summed E-state index contributed by atoms with van der Waals surface area (Å²) in [6, 6.07) is -0.463. The second kappa shape index (κ2) is 4.91. The van der Waals surface area contributed by atoms with Crippen LogP contribution in [0.25, 0.3) is 0 Å². The number of hydrogen-bond donors (Lipinski definition) is 0. The average Bonchev–Trinajstić information content (AvgIpc) is 2.11. The van der Waals surface area contributed by atoms with Crippen LogP contribution in [0.5, 0.6) is 0 Å². The molecule has 0 radical (unpaired) electrons. The Bertz CT molecular complexity index is 311. The molecule has 98 valence electrons. The van der Waals surface area contributed by atoms with Crippen molar-refractivity contribution in [1.29, 1.82) is 0 Å². The van der Waals surface area contributed by atoms with Crippen LogP contribution in [0.15, 0.2) is 0 Å². The first-order valence-electron chi connectivity index (χ1n) is 5.57. The Hall–Kier alpha value is -1.30. The first-order chi connectivity index (χ1) is 7.76. The van der Waals surface area contributed by atoms with Gasteiger partial charge in [-0.1, -0.05) is 0 Å². The highest BCUT2D eigenvalue weighted by molar-refractivity contribution is 5.86. The lowest BCUT2D eigenvalue weighted by Crippen LogP contribution is -2.59. The lowest BCUT2D eigenvalue weighted by molar-refractivity contribution is -0.178. The maximum absolute atomic E-state index is 11.8. The topological polar surface area (TPSA) is 59.1 Å². The zero-order chi connectivity index (χ0) is 13.2. The summed E-state index contributed by atoms with van der Waals surface area (Å²) >= 11 is 0. The Balaban J connectivity index is 2.57. The molecular weight excluding hydrogens is 224 g/mol. The minimum Gasteiger partial charge on any atom is -0.444 e. The van der Waals surface area contributed by atoms with Crippen LogP contribution < -0.4 is 0 Å². The van der Waals surface area contributed by atoms with Crippen LogP contribution in [0.2, 0.25) is 0 Å². The van der Waals surface area contributed by atoms with E-state index in [2.05, 4.69) is 0 Å². The number of likely N-dealkylation sites (N-methyl/N-ethyl adjacent to an activating group) is 1. The van der Waals surface area contributed by atoms with E-state index in [1.54, 1.807) is 20.8 Å². The third-order valence-electron chi connectivity index (χ3n) is 2.52. The molecule has 17 heavy (non-hydrogen) atoms. The highest BCUT2D eigenvalue weighted by Gasteiger charge is 2.41. The average molecular weight is 244 g/mol. The number of hydroxylamine groups is 2. The summed E-state index contributed by atoms with van der Waals surface area (Å²) in [6.45, 7) is 5.93. The molecule has 0 unspecified atom stereocenters. The van der Waals surface area contributed by atoms with E-state index in [0.29, 0.717) is 13.0 Å². The first-order valence-corrected chi connectivity index (χ1v) is 5.57. The predicted molar refractivity (Wildman–Crippen MR) is 61.1 cm³/mol. The second-order valence-electron chi connectivity index (χ2n) is 5.00. The number of likely N-dealkylation sites (tertiary alicyclic amines) is 1. The number of amides is 2. The summed E-state index contributed by atoms with van der Waals surface area (Å²) in [4.78, 5) is 29.8. The number of carbonyl (C=O) groups is 2. The van der Waals surface area contributed by atoms with Crippen LogP contribution in [0.1, 0.15) is 27.2 Å². The van der Waals surface area contributed by atoms with E-state index in [-0.39, 0.29) is 5.91 Å². The van der Waals surface area contributed by atoms with Gasteiger partial charge in [-0.2, -0.15) is 0 Å². The van der Waals surface area contributed by atoms with Gasteiger partial charge in [0.1, 0.15) is 11.6 Å². The molecule has 0 aromatic carbocycles. The minimum atomic E-state index is -0.548. The summed E-state index contributed by atoms with van der Waals surface area (Å²) in [5.74, 6) is -0.232. The summed E-state index contributed by atoms with van der Waals surface area (Å²) < 4.78 is 5.21. The van der Waals surface area contributed by atoms with Crippen LogP contribution in [-0.2, 0) is 14.4 Å². The van der Waals surface area contributed by atoms with Crippen LogP contribution >= 0.6 is 0 Å². The molecule has 6 nitrogen and oxygen atoms in total. The van der Waals surface area contributed by atoms with Gasteiger partial charge in [0, 0.05) is 13.6 Å². The van der Waals surface area contributed by atoms with Crippen molar-refractivity contribution in [2.24, 2.45) is 0 Å². The first kappa shape index (κ1) is 13.8. The lowest BCUT2D eigenvalue weighted by Gasteiger charge is -2.41. The van der Waals surface area contributed by atoms with Gasteiger partial charge in [-0.25, -0.2) is 9.86 Å². The van der Waals surface area contributed by atoms with E-state index in [1.165, 1.54) is 19.1 Å². The van der Waals surface area contributed by atoms with Crippen molar-refractivity contribution < 1.29 is 19.2 Å². The van der Waals surface area contributed by atoms with Crippen molar-refractivity contribution in [3.63, 3.8) is 0 Å². The Morgan fingerprint density at radius 1 is 1.35 bits per heavy atom. The van der Waals surface area contributed by atoms with Gasteiger partial charge in [0.15, 0.2) is 0 Å². The largest absolute Gasteiger partial charge is 0.444 e. The fourth-order valence-electron chi connectivity index (χ4n) is 1.48. The molecule has 1 atom stereocenters. The SMILES string of the molecule is CON(C)C(=O)[C@H]1CCN1C(=O)OC(C)(C)C. The molecule has 1 aliphatic rings. The van der Waals surface area contributed by atoms with Gasteiger partial charge < -0.3 is 4.74 Å². The standard InChI is InChI=1S/C11H20N2O4/c1-11(2,3)17-10(15)13-7-6-8(13)9(14)12(4)16-5/h8H,6-7H2,1-5H3/t8-/m1/s1. The molecule has 6 heteroatoms. The second-order valence-corrected chi connectivity index (χ2v) is 5.00. The Morgan fingerprint density at radius 3 is 2.29 bits per heavy atom. The lowest BCUT2D eigenvalue weighted by atomic mass is 10.0. The van der Waals surface area contributed by atoms with Crippen molar-refractivity contribution in [3.05, 3.63) is 0 Å². The molecule has 1 rings (SSSR count). The third kappa shape index (κ3) is 3.33. The third-order valence-corrected chi connectivity index (χ3v) is 2.52. The van der Waals surface area contributed by atoms with Gasteiger partial charge in [0.2, 0.25) is 0 Å². The number of carbonyl (C=O) groups excluding carboxylic acids is 2. The molecule has 1 heterocycles. The van der Waals surface area contributed by atoms with Crippen molar-refractivity contribution in [1.82, 2.24) is 9.96 Å². The molecule has 1 fully saturated rings. The summed E-state index contributed by atoms with van der Waals surface area (Å²) in [7, 11) is 2.93. The fourth-order valence-corrected chi connectivity index (χ4v) is 1.48. The smallest absolute Gasteiger partial charge is 0.410 e. The molecule has 2 amide bonds. The molecular formula is C11H20N2O4. The van der Waals surface area contributed by atoms with E-state index in [9.17, 15) is 9.59 Å². The molecule has 0 aromatic heterocycles. The van der Waals surface area contributed by atoms with Crippen LogP contribution in [0.3, 0.4) is 0 Å². The van der Waals surface area contributed by atoms with Gasteiger partial charge in [-0.15, -0.1) is 0 Å². The molecule has 0 bridgehead atoms. The summed E-state index contributed by atoms with van der Waals surface area (Å²) in [5.41, 5.74) is -0.548. The van der Waals surface area contributed by atoms with Gasteiger partial charge in [-0.3, -0.25) is 14.5 Å². The molecule has 0 aliphatic carbocycles. The Kier molecular flexibility index (Phi) is 3.98. The van der Waals surface area contributed by atoms with Crippen LogP contribution in [-0.4, -0.2) is 54.3 Å². The van der Waals surface area contributed by atoms with E-state index in [1.807, 2.05) is 0 Å². The maximum atomic E-state index is 11.8. The Labute approximate surface area is 101 Å². The Morgan fingerprint density at radius 2 is 1.94 bits per heavy atom. The van der Waals surface area contributed by atoms with E-state index in [0.717, 1.165) is 5.06 Å². The number of ether oxygens (including phenoxy) is 1. The van der Waals surface area contributed by atoms with Crippen LogP contribution in [0.4, 0.5) is 4.79 Å². The number of hydrogen-bond acceptors (Lipinski definition) is 4. The molecule has 0 aromatic rings. The van der Waals surface area contributed by atoms with Gasteiger partial charge in [0.05, 0.1) is 7.11 Å². The molecule has 0 saturated carbocycles. The van der Waals surface area contributed by atoms with Crippen molar-refractivity contribution >= 4 is 12.0 Å². The van der Waals surface area contributed by atoms with Gasteiger partial charge >= 0.3 is 6.09 Å². The highest BCUT2D eigenvalue weighted by atomic mass is 16.7. The normalized spacial score (nSPS) is 19.6. The van der Waals surface area contributed by atoms with Crippen molar-refractivity contribution in [3.8, 4) is 0 Å². The molecule has 0 spiro atoms. The quantitative estimate of drug-likeness (QED) is 0.680. The van der Waals surface area contributed by atoms with Crippen molar-refractivity contribution in [2.45, 2.75) is 38.8 Å². The summed E-state index contributed by atoms with van der Waals surface area (Å²) in [6.07, 6.45) is 0.192. The highest BCUT2D eigenvalue weighted by Crippen LogP contribution is 2.22. The monoisotopic (exact) mass is 244 g/mol. The van der Waals surface area contributed by atoms with E-state index < -0.39 is 17.7 Å². The van der Waals surface area contributed by atoms with E-state index in [4.69, 9.17) is 9.57 Å². The maximum Gasteiger partial charge on any atom is 0.410 e. The number of rotatable bonds is 2. The summed E-state index contributed by atoms with van der Waals surface area (Å²) in [5, 5.41) is 1.13. The number of nitrogens with zero attached hydrogens (tertiary/aromatic N) is 2. The van der Waals surface area contributed by atoms with E-state index >= 15 is 0 Å². The zero-order valence-electron chi connectivity index (χ0n) is 11.0.